The van der Waals surface area contributed by atoms with Crippen molar-refractivity contribution in [1.82, 2.24) is 30.0 Å². The minimum atomic E-state index is -4.77. The Balaban J connectivity index is 1.26. The van der Waals surface area contributed by atoms with Gasteiger partial charge in [-0.05, 0) is 52.9 Å². The van der Waals surface area contributed by atoms with Crippen molar-refractivity contribution in [2.24, 2.45) is 0 Å². The highest BCUT2D eigenvalue weighted by molar-refractivity contribution is 5.95. The van der Waals surface area contributed by atoms with E-state index >= 15 is 0 Å². The number of aromatic nitrogens is 4. The van der Waals surface area contributed by atoms with Crippen LogP contribution in [0.4, 0.5) is 18.9 Å². The first-order valence-electron chi connectivity index (χ1n) is 10.3. The Morgan fingerprint density at radius 2 is 1.76 bits per heavy atom. The number of piperazine rings is 1. The Bertz CT molecular complexity index is 1130. The summed E-state index contributed by atoms with van der Waals surface area (Å²) >= 11 is 0. The van der Waals surface area contributed by atoms with Gasteiger partial charge < -0.3 is 15.0 Å². The van der Waals surface area contributed by atoms with E-state index in [2.05, 4.69) is 25.6 Å². The van der Waals surface area contributed by atoms with Crippen LogP contribution in [-0.4, -0.2) is 80.9 Å². The van der Waals surface area contributed by atoms with Crippen molar-refractivity contribution < 1.29 is 27.5 Å². The zero-order chi connectivity index (χ0) is 24.1. The zero-order valence-corrected chi connectivity index (χ0v) is 17.8. The molecule has 178 valence electrons. The fraction of sp³-hybridized carbons (Fsp3) is 0.286. The molecule has 2 aromatic carbocycles. The molecule has 0 bridgehead atoms. The van der Waals surface area contributed by atoms with Crippen molar-refractivity contribution in [2.75, 3.05) is 38.0 Å². The summed E-state index contributed by atoms with van der Waals surface area (Å²) in [6, 6.07) is 11.9. The smallest absolute Gasteiger partial charge is 0.406 e. The van der Waals surface area contributed by atoms with Crippen molar-refractivity contribution in [3.63, 3.8) is 0 Å². The van der Waals surface area contributed by atoms with E-state index in [0.29, 0.717) is 43.1 Å². The van der Waals surface area contributed by atoms with Crippen molar-refractivity contribution in [3.05, 3.63) is 60.4 Å². The maximum absolute atomic E-state index is 12.9. The number of tetrazole rings is 1. The molecule has 1 aliphatic rings. The van der Waals surface area contributed by atoms with E-state index in [1.54, 1.807) is 29.2 Å². The summed E-state index contributed by atoms with van der Waals surface area (Å²) in [6.45, 7) is 2.00. The summed E-state index contributed by atoms with van der Waals surface area (Å²) in [7, 11) is 0. The third-order valence-corrected chi connectivity index (χ3v) is 5.11. The maximum Gasteiger partial charge on any atom is 0.573 e. The average Bonchev–Trinajstić information content (AvgIpc) is 3.35. The van der Waals surface area contributed by atoms with Crippen LogP contribution in [0.25, 0.3) is 5.69 Å². The molecule has 1 saturated heterocycles. The molecule has 0 atom stereocenters. The van der Waals surface area contributed by atoms with E-state index in [0.717, 1.165) is 12.1 Å². The number of hydrogen-bond acceptors (Lipinski definition) is 7. The first-order valence-corrected chi connectivity index (χ1v) is 10.3. The summed E-state index contributed by atoms with van der Waals surface area (Å²) in [6.07, 6.45) is -3.33. The van der Waals surface area contributed by atoms with Crippen LogP contribution in [0.2, 0.25) is 0 Å². The molecule has 1 aromatic heterocycles. The van der Waals surface area contributed by atoms with Crippen molar-refractivity contribution >= 4 is 17.5 Å². The summed E-state index contributed by atoms with van der Waals surface area (Å²) in [5.41, 5.74) is 1.54. The Kier molecular flexibility index (Phi) is 6.72. The van der Waals surface area contributed by atoms with Gasteiger partial charge in [-0.15, -0.1) is 18.3 Å². The Hall–Kier alpha value is -4.00. The first kappa shape index (κ1) is 23.2. The average molecular weight is 475 g/mol. The number of hydrogen-bond donors (Lipinski definition) is 1. The number of rotatable bonds is 6. The highest BCUT2D eigenvalue weighted by Gasteiger charge is 2.31. The molecule has 0 saturated carbocycles. The van der Waals surface area contributed by atoms with E-state index in [-0.39, 0.29) is 24.1 Å². The quantitative estimate of drug-likeness (QED) is 0.581. The molecule has 0 aliphatic carbocycles. The number of halogens is 3. The van der Waals surface area contributed by atoms with E-state index in [9.17, 15) is 22.8 Å². The van der Waals surface area contributed by atoms with Crippen molar-refractivity contribution in [2.45, 2.75) is 6.36 Å². The highest BCUT2D eigenvalue weighted by Crippen LogP contribution is 2.24. The molecule has 4 rings (SSSR count). The van der Waals surface area contributed by atoms with Gasteiger partial charge in [-0.1, -0.05) is 6.07 Å². The number of anilines is 1. The van der Waals surface area contributed by atoms with Gasteiger partial charge in [0, 0.05) is 37.4 Å². The molecular weight excluding hydrogens is 455 g/mol. The summed E-state index contributed by atoms with van der Waals surface area (Å²) in [5, 5.41) is 13.6. The summed E-state index contributed by atoms with van der Waals surface area (Å²) in [4.78, 5) is 28.8. The van der Waals surface area contributed by atoms with Crippen molar-refractivity contribution in [1.29, 1.82) is 0 Å². The van der Waals surface area contributed by atoms with Gasteiger partial charge in [-0.25, -0.2) is 4.68 Å². The van der Waals surface area contributed by atoms with Gasteiger partial charge in [-0.2, -0.15) is 0 Å². The first-order chi connectivity index (χ1) is 16.3. The molecule has 10 nitrogen and oxygen atoms in total. The fourth-order valence-electron chi connectivity index (χ4n) is 3.50. The van der Waals surface area contributed by atoms with Crippen LogP contribution >= 0.6 is 0 Å². The Labute approximate surface area is 191 Å². The number of ether oxygens (including phenoxy) is 1. The molecule has 1 N–H and O–H groups in total. The molecule has 1 aliphatic heterocycles. The number of carbonyl (C=O) groups is 2. The lowest BCUT2D eigenvalue weighted by Gasteiger charge is -2.34. The van der Waals surface area contributed by atoms with Gasteiger partial charge in [0.15, 0.2) is 0 Å². The summed E-state index contributed by atoms with van der Waals surface area (Å²) in [5.74, 6) is -0.798. The number of amides is 2. The van der Waals surface area contributed by atoms with Crippen LogP contribution in [0.3, 0.4) is 0 Å². The molecule has 0 unspecified atom stereocenters. The normalized spacial score (nSPS) is 14.6. The molecule has 2 amide bonds. The molecule has 0 radical (unpaired) electrons. The van der Waals surface area contributed by atoms with Crippen molar-refractivity contribution in [3.8, 4) is 11.4 Å². The van der Waals surface area contributed by atoms with Crippen LogP contribution in [0.1, 0.15) is 10.4 Å². The van der Waals surface area contributed by atoms with Gasteiger partial charge >= 0.3 is 6.36 Å². The standard InChI is InChI=1S/C21H20F3N7O3/c22-21(23,24)34-18-6-4-16(5-7-18)26-19(32)13-29-8-10-30(11-9-29)20(33)15-2-1-3-17(12-15)31-14-25-27-28-31/h1-7,12,14H,8-11,13H2,(H,26,32). The van der Waals surface area contributed by atoms with Gasteiger partial charge in [-0.3, -0.25) is 14.5 Å². The van der Waals surface area contributed by atoms with Gasteiger partial charge in [0.05, 0.1) is 12.2 Å². The minimum Gasteiger partial charge on any atom is -0.406 e. The number of nitrogens with zero attached hydrogens (tertiary/aromatic N) is 6. The minimum absolute atomic E-state index is 0.0949. The van der Waals surface area contributed by atoms with Crippen LogP contribution in [0.5, 0.6) is 5.75 Å². The molecule has 3 aromatic rings. The Morgan fingerprint density at radius 1 is 1.03 bits per heavy atom. The molecule has 1 fully saturated rings. The topological polar surface area (TPSA) is 105 Å². The third-order valence-electron chi connectivity index (χ3n) is 5.11. The van der Waals surface area contributed by atoms with E-state index < -0.39 is 6.36 Å². The second-order valence-corrected chi connectivity index (χ2v) is 7.49. The second-order valence-electron chi connectivity index (χ2n) is 7.49. The van der Waals surface area contributed by atoms with Gasteiger partial charge in [0.1, 0.15) is 12.1 Å². The number of alkyl halides is 3. The SMILES string of the molecule is O=C(CN1CCN(C(=O)c2cccc(-n3cnnn3)c2)CC1)Nc1ccc(OC(F)(F)F)cc1. The number of carbonyl (C=O) groups excluding carboxylic acids is 2. The van der Waals surface area contributed by atoms with Crippen LogP contribution in [-0.2, 0) is 4.79 Å². The predicted molar refractivity (Wildman–Crippen MR) is 113 cm³/mol. The zero-order valence-electron chi connectivity index (χ0n) is 17.8. The largest absolute Gasteiger partial charge is 0.573 e. The lowest BCUT2D eigenvalue weighted by molar-refractivity contribution is -0.274. The molecule has 0 spiro atoms. The van der Waals surface area contributed by atoms with Crippen LogP contribution < -0.4 is 10.1 Å². The van der Waals surface area contributed by atoms with Gasteiger partial charge in [0.25, 0.3) is 5.91 Å². The number of benzene rings is 2. The van der Waals surface area contributed by atoms with E-state index in [4.69, 9.17) is 0 Å². The molecule has 13 heteroatoms. The lowest BCUT2D eigenvalue weighted by atomic mass is 10.1. The second kappa shape index (κ2) is 9.87. The van der Waals surface area contributed by atoms with Crippen LogP contribution in [0, 0.1) is 0 Å². The predicted octanol–water partition coefficient (Wildman–Crippen LogP) is 1.96. The molecule has 2 heterocycles. The van der Waals surface area contributed by atoms with Crippen LogP contribution in [0.15, 0.2) is 54.9 Å². The maximum atomic E-state index is 12.9. The summed E-state index contributed by atoms with van der Waals surface area (Å²) < 4.78 is 42.0. The third kappa shape index (κ3) is 6.07. The molecule has 34 heavy (non-hydrogen) atoms. The Morgan fingerprint density at radius 3 is 2.41 bits per heavy atom. The number of nitrogens with one attached hydrogen (secondary N) is 1. The van der Waals surface area contributed by atoms with Gasteiger partial charge in [0.2, 0.25) is 5.91 Å². The van der Waals surface area contributed by atoms with E-state index in [1.807, 2.05) is 4.90 Å². The highest BCUT2D eigenvalue weighted by atomic mass is 19.4. The van der Waals surface area contributed by atoms with E-state index in [1.165, 1.54) is 23.1 Å². The fourth-order valence-corrected chi connectivity index (χ4v) is 3.50. The molecular formula is C21H20F3N7O3. The monoisotopic (exact) mass is 475 g/mol. The lowest BCUT2D eigenvalue weighted by Crippen LogP contribution is -2.50.